The van der Waals surface area contributed by atoms with Crippen LogP contribution >= 0.6 is 0 Å². The first-order valence-electron chi connectivity index (χ1n) is 10.7. The minimum atomic E-state index is -0.176. The van der Waals surface area contributed by atoms with Crippen LogP contribution in [0.5, 0.6) is 0 Å². The first-order chi connectivity index (χ1) is 13.5. The molecule has 0 radical (unpaired) electrons. The van der Waals surface area contributed by atoms with E-state index in [1.54, 1.807) is 12.1 Å². The van der Waals surface area contributed by atoms with E-state index < -0.39 is 0 Å². The lowest BCUT2D eigenvalue weighted by molar-refractivity contribution is 0.176. The van der Waals surface area contributed by atoms with Crippen LogP contribution in [-0.4, -0.2) is 36.2 Å². The molecule has 0 aromatic heterocycles. The average molecular weight is 380 g/mol. The number of nitrogens with one attached hydrogen (secondary N) is 1. The SMILES string of the molecule is C[C@@H]1CCc2cc(F)cc3c2N1C(C)(CN1CCC(c2ccccc2)CC1)N3. The zero-order valence-corrected chi connectivity index (χ0v) is 16.9. The molecule has 2 atom stereocenters. The van der Waals surface area contributed by atoms with E-state index >= 15 is 0 Å². The van der Waals surface area contributed by atoms with Crippen LogP contribution in [0.1, 0.15) is 50.2 Å². The maximum absolute atomic E-state index is 14.1. The van der Waals surface area contributed by atoms with Gasteiger partial charge in [0.2, 0.25) is 0 Å². The second-order valence-corrected chi connectivity index (χ2v) is 9.08. The van der Waals surface area contributed by atoms with Crippen molar-refractivity contribution in [3.63, 3.8) is 0 Å². The van der Waals surface area contributed by atoms with E-state index in [2.05, 4.69) is 59.3 Å². The van der Waals surface area contributed by atoms with E-state index in [0.717, 1.165) is 43.7 Å². The molecule has 5 rings (SSSR count). The highest BCUT2D eigenvalue weighted by atomic mass is 19.1. The number of likely N-dealkylation sites (tertiary alicyclic amines) is 1. The molecule has 0 saturated carbocycles. The lowest BCUT2D eigenvalue weighted by Gasteiger charge is -2.47. The predicted octanol–water partition coefficient (Wildman–Crippen LogP) is 4.99. The first kappa shape index (κ1) is 18.0. The molecule has 1 unspecified atom stereocenters. The van der Waals surface area contributed by atoms with E-state index in [1.165, 1.54) is 24.1 Å². The highest BCUT2D eigenvalue weighted by Gasteiger charge is 2.46. The molecule has 0 amide bonds. The van der Waals surface area contributed by atoms with Crippen molar-refractivity contribution in [3.8, 4) is 0 Å². The van der Waals surface area contributed by atoms with Gasteiger partial charge in [-0.25, -0.2) is 4.39 Å². The lowest BCUT2D eigenvalue weighted by Crippen LogP contribution is -2.60. The zero-order chi connectivity index (χ0) is 19.3. The summed E-state index contributed by atoms with van der Waals surface area (Å²) in [7, 11) is 0. The van der Waals surface area contributed by atoms with Crippen molar-refractivity contribution in [2.45, 2.75) is 57.2 Å². The van der Waals surface area contributed by atoms with E-state index in [1.807, 2.05) is 0 Å². The molecule has 148 valence electrons. The van der Waals surface area contributed by atoms with Crippen LogP contribution in [0, 0.1) is 5.82 Å². The summed E-state index contributed by atoms with van der Waals surface area (Å²) in [5.74, 6) is 0.553. The van der Waals surface area contributed by atoms with Gasteiger partial charge in [-0.3, -0.25) is 4.90 Å². The van der Waals surface area contributed by atoms with Crippen molar-refractivity contribution < 1.29 is 4.39 Å². The summed E-state index contributed by atoms with van der Waals surface area (Å²) < 4.78 is 14.1. The van der Waals surface area contributed by atoms with Gasteiger partial charge in [0.15, 0.2) is 0 Å². The second kappa shape index (κ2) is 6.77. The molecular formula is C24H30FN3. The van der Waals surface area contributed by atoms with Crippen molar-refractivity contribution in [2.75, 3.05) is 29.9 Å². The molecule has 3 nitrogen and oxygen atoms in total. The Kier molecular flexibility index (Phi) is 4.35. The van der Waals surface area contributed by atoms with Crippen molar-refractivity contribution in [3.05, 3.63) is 59.4 Å². The minimum Gasteiger partial charge on any atom is -0.360 e. The molecule has 1 fully saturated rings. The largest absolute Gasteiger partial charge is 0.360 e. The average Bonchev–Trinajstić information content (AvgIpc) is 2.98. The number of halogens is 1. The van der Waals surface area contributed by atoms with Crippen molar-refractivity contribution >= 4 is 11.4 Å². The molecule has 28 heavy (non-hydrogen) atoms. The van der Waals surface area contributed by atoms with Gasteiger partial charge in [-0.05, 0) is 81.8 Å². The van der Waals surface area contributed by atoms with Gasteiger partial charge in [-0.15, -0.1) is 0 Å². The number of aryl methyl sites for hydroxylation is 1. The molecule has 0 aliphatic carbocycles. The first-order valence-corrected chi connectivity index (χ1v) is 10.7. The molecular weight excluding hydrogens is 349 g/mol. The van der Waals surface area contributed by atoms with Gasteiger partial charge in [-0.2, -0.15) is 0 Å². The van der Waals surface area contributed by atoms with Gasteiger partial charge >= 0.3 is 0 Å². The molecule has 0 bridgehead atoms. The Morgan fingerprint density at radius 3 is 2.61 bits per heavy atom. The Labute approximate surface area is 167 Å². The Morgan fingerprint density at radius 1 is 1.11 bits per heavy atom. The van der Waals surface area contributed by atoms with Crippen LogP contribution in [0.2, 0.25) is 0 Å². The fourth-order valence-electron chi connectivity index (χ4n) is 5.72. The number of benzene rings is 2. The Balaban J connectivity index is 1.33. The van der Waals surface area contributed by atoms with Crippen LogP contribution in [0.4, 0.5) is 15.8 Å². The van der Waals surface area contributed by atoms with E-state index in [9.17, 15) is 4.39 Å². The third-order valence-corrected chi connectivity index (χ3v) is 6.99. The summed E-state index contributed by atoms with van der Waals surface area (Å²) in [6.07, 6.45) is 4.48. The van der Waals surface area contributed by atoms with Gasteiger partial charge in [-0.1, -0.05) is 30.3 Å². The zero-order valence-electron chi connectivity index (χ0n) is 16.9. The summed E-state index contributed by atoms with van der Waals surface area (Å²) in [4.78, 5) is 5.12. The number of rotatable bonds is 3. The molecule has 3 heterocycles. The van der Waals surface area contributed by atoms with Gasteiger partial charge in [0.1, 0.15) is 11.5 Å². The summed E-state index contributed by atoms with van der Waals surface area (Å²) in [6.45, 7) is 7.81. The number of hydrogen-bond acceptors (Lipinski definition) is 3. The van der Waals surface area contributed by atoms with Crippen LogP contribution in [-0.2, 0) is 6.42 Å². The van der Waals surface area contributed by atoms with Crippen molar-refractivity contribution in [1.82, 2.24) is 4.90 Å². The van der Waals surface area contributed by atoms with Gasteiger partial charge in [0, 0.05) is 12.6 Å². The van der Waals surface area contributed by atoms with Crippen LogP contribution in [0.15, 0.2) is 42.5 Å². The van der Waals surface area contributed by atoms with Crippen LogP contribution in [0.25, 0.3) is 0 Å². The Bertz CT molecular complexity index is 860. The number of nitrogens with zero attached hydrogens (tertiary/aromatic N) is 2. The van der Waals surface area contributed by atoms with Crippen LogP contribution in [0.3, 0.4) is 0 Å². The quantitative estimate of drug-likeness (QED) is 0.811. The fraction of sp³-hybridized carbons (Fsp3) is 0.500. The number of anilines is 2. The molecule has 3 aliphatic rings. The number of piperidine rings is 1. The standard InChI is InChI=1S/C24H30FN3/c1-17-8-9-20-14-21(25)15-22-23(20)28(17)24(2,26-22)16-27-12-10-19(11-13-27)18-6-4-3-5-7-18/h3-7,14-15,17,19,26H,8-13,16H2,1-2H3/t17-,24?/m1/s1. The Hall–Kier alpha value is -2.07. The molecule has 2 aromatic carbocycles. The maximum atomic E-state index is 14.1. The van der Waals surface area contributed by atoms with E-state index in [0.29, 0.717) is 12.0 Å². The topological polar surface area (TPSA) is 18.5 Å². The fourth-order valence-corrected chi connectivity index (χ4v) is 5.72. The Morgan fingerprint density at radius 2 is 1.86 bits per heavy atom. The summed E-state index contributed by atoms with van der Waals surface area (Å²) in [6, 6.07) is 14.8. The van der Waals surface area contributed by atoms with Gasteiger partial charge in [0.25, 0.3) is 0 Å². The predicted molar refractivity (Wildman–Crippen MR) is 114 cm³/mol. The summed E-state index contributed by atoms with van der Waals surface area (Å²) in [5.41, 5.74) is 4.67. The molecule has 2 aromatic rings. The van der Waals surface area contributed by atoms with Gasteiger partial charge < -0.3 is 10.2 Å². The normalized spacial score (nSPS) is 27.5. The van der Waals surface area contributed by atoms with Crippen LogP contribution < -0.4 is 10.2 Å². The van der Waals surface area contributed by atoms with E-state index in [-0.39, 0.29) is 11.5 Å². The molecule has 4 heteroatoms. The highest BCUT2D eigenvalue weighted by Crippen LogP contribution is 2.48. The van der Waals surface area contributed by atoms with Gasteiger partial charge in [0.05, 0.1) is 11.4 Å². The van der Waals surface area contributed by atoms with Crippen molar-refractivity contribution in [1.29, 1.82) is 0 Å². The van der Waals surface area contributed by atoms with E-state index in [4.69, 9.17) is 0 Å². The number of hydrogen-bond donors (Lipinski definition) is 1. The highest BCUT2D eigenvalue weighted by molar-refractivity contribution is 5.82. The van der Waals surface area contributed by atoms with Crippen molar-refractivity contribution in [2.24, 2.45) is 0 Å². The lowest BCUT2D eigenvalue weighted by atomic mass is 9.89. The second-order valence-electron chi connectivity index (χ2n) is 9.08. The smallest absolute Gasteiger partial charge is 0.125 e. The molecule has 3 aliphatic heterocycles. The summed E-state index contributed by atoms with van der Waals surface area (Å²) >= 11 is 0. The molecule has 0 spiro atoms. The maximum Gasteiger partial charge on any atom is 0.125 e. The monoisotopic (exact) mass is 379 g/mol. The minimum absolute atomic E-state index is 0.122. The molecule has 1 saturated heterocycles. The third-order valence-electron chi connectivity index (χ3n) is 6.99. The molecule has 1 N–H and O–H groups in total. The third kappa shape index (κ3) is 2.98. The summed E-state index contributed by atoms with van der Waals surface area (Å²) in [5, 5.41) is 3.70.